The first-order valence-corrected chi connectivity index (χ1v) is 6.87. The van der Waals surface area contributed by atoms with Gasteiger partial charge in [0.1, 0.15) is 0 Å². The van der Waals surface area contributed by atoms with E-state index < -0.39 is 0 Å². The molecule has 0 radical (unpaired) electrons. The van der Waals surface area contributed by atoms with E-state index in [2.05, 4.69) is 30.8 Å². The Bertz CT molecular complexity index is 285. The van der Waals surface area contributed by atoms with Crippen LogP contribution in [0.4, 0.5) is 5.95 Å². The number of hydrogen-bond acceptors (Lipinski definition) is 4. The molecule has 0 amide bonds. The lowest BCUT2D eigenvalue weighted by Crippen LogP contribution is -2.33. The van der Waals surface area contributed by atoms with Gasteiger partial charge in [-0.2, -0.15) is 11.8 Å². The average molecular weight is 274 g/mol. The maximum Gasteiger partial charge on any atom is 0.225 e. The van der Waals surface area contributed by atoms with E-state index in [0.717, 1.165) is 29.9 Å². The number of nitrogens with zero attached hydrogens (tertiary/aromatic N) is 3. The monoisotopic (exact) mass is 273 g/mol. The van der Waals surface area contributed by atoms with Crippen molar-refractivity contribution in [3.8, 4) is 0 Å². The molecule has 0 spiro atoms. The molecule has 1 aliphatic heterocycles. The van der Waals surface area contributed by atoms with Crippen molar-refractivity contribution in [2.75, 3.05) is 29.5 Å². The third kappa shape index (κ3) is 2.39. The smallest absolute Gasteiger partial charge is 0.225 e. The molecule has 5 heteroatoms. The molecule has 0 aromatic carbocycles. The van der Waals surface area contributed by atoms with E-state index >= 15 is 0 Å². The van der Waals surface area contributed by atoms with Crippen molar-refractivity contribution in [2.45, 2.75) is 5.33 Å². The lowest BCUT2D eigenvalue weighted by atomic mass is 10.4. The first kappa shape index (κ1) is 10.2. The van der Waals surface area contributed by atoms with Gasteiger partial charge in [-0.1, -0.05) is 15.9 Å². The van der Waals surface area contributed by atoms with Gasteiger partial charge < -0.3 is 4.90 Å². The maximum absolute atomic E-state index is 4.35. The Morgan fingerprint density at radius 3 is 2.50 bits per heavy atom. The molecule has 76 valence electrons. The van der Waals surface area contributed by atoms with Gasteiger partial charge >= 0.3 is 0 Å². The second-order valence-electron chi connectivity index (χ2n) is 3.12. The summed E-state index contributed by atoms with van der Waals surface area (Å²) in [5, 5.41) is 0.823. The first-order chi connectivity index (χ1) is 6.90. The highest BCUT2D eigenvalue weighted by molar-refractivity contribution is 9.08. The molecule has 2 rings (SSSR count). The van der Waals surface area contributed by atoms with E-state index in [1.807, 2.05) is 24.2 Å². The number of anilines is 1. The number of hydrogen-bond donors (Lipinski definition) is 0. The molecule has 1 fully saturated rings. The number of aromatic nitrogens is 2. The van der Waals surface area contributed by atoms with E-state index in [1.165, 1.54) is 11.5 Å². The minimum Gasteiger partial charge on any atom is -0.339 e. The fraction of sp³-hybridized carbons (Fsp3) is 0.556. The number of rotatable bonds is 2. The Morgan fingerprint density at radius 1 is 1.29 bits per heavy atom. The molecule has 0 atom stereocenters. The molecule has 1 saturated heterocycles. The van der Waals surface area contributed by atoms with Crippen LogP contribution in [0, 0.1) is 0 Å². The molecule has 0 aliphatic carbocycles. The first-order valence-electron chi connectivity index (χ1n) is 4.60. The predicted octanol–water partition coefficient (Wildman–Crippen LogP) is 1.92. The lowest BCUT2D eigenvalue weighted by molar-refractivity contribution is 0.813. The lowest BCUT2D eigenvalue weighted by Gasteiger charge is -2.26. The zero-order valence-electron chi connectivity index (χ0n) is 7.82. The summed E-state index contributed by atoms with van der Waals surface area (Å²) in [6, 6.07) is 0. The van der Waals surface area contributed by atoms with Gasteiger partial charge in [0.2, 0.25) is 5.95 Å². The molecular weight excluding hydrogens is 262 g/mol. The van der Waals surface area contributed by atoms with Gasteiger partial charge in [0.15, 0.2) is 0 Å². The summed E-state index contributed by atoms with van der Waals surface area (Å²) in [5.41, 5.74) is 1.13. The van der Waals surface area contributed by atoms with Crippen LogP contribution in [0.1, 0.15) is 5.56 Å². The summed E-state index contributed by atoms with van der Waals surface area (Å²) in [6.45, 7) is 2.14. The Kier molecular flexibility index (Phi) is 3.64. The third-order valence-corrected chi connectivity index (χ3v) is 3.73. The van der Waals surface area contributed by atoms with Crippen molar-refractivity contribution in [3.63, 3.8) is 0 Å². The summed E-state index contributed by atoms with van der Waals surface area (Å²) >= 11 is 5.38. The fourth-order valence-electron chi connectivity index (χ4n) is 1.34. The topological polar surface area (TPSA) is 29.0 Å². The standard InChI is InChI=1S/C9H12BrN3S/c10-5-8-6-11-9(12-7-8)13-1-3-14-4-2-13/h6-7H,1-5H2. The van der Waals surface area contributed by atoms with Crippen molar-refractivity contribution < 1.29 is 0 Å². The van der Waals surface area contributed by atoms with Crippen molar-refractivity contribution in [1.82, 2.24) is 9.97 Å². The van der Waals surface area contributed by atoms with Crippen molar-refractivity contribution in [1.29, 1.82) is 0 Å². The number of thioether (sulfide) groups is 1. The normalized spacial score (nSPS) is 17.1. The number of halogens is 1. The second-order valence-corrected chi connectivity index (χ2v) is 4.91. The van der Waals surface area contributed by atoms with Crippen LogP contribution in [0.15, 0.2) is 12.4 Å². The second kappa shape index (κ2) is 4.98. The Balaban J connectivity index is 2.07. The number of alkyl halides is 1. The van der Waals surface area contributed by atoms with Gasteiger partial charge in [-0.15, -0.1) is 0 Å². The minimum absolute atomic E-state index is 0.823. The van der Waals surface area contributed by atoms with E-state index in [4.69, 9.17) is 0 Å². The molecule has 1 aromatic heterocycles. The summed E-state index contributed by atoms with van der Waals surface area (Å²) in [7, 11) is 0. The predicted molar refractivity (Wildman–Crippen MR) is 64.2 cm³/mol. The van der Waals surface area contributed by atoms with Crippen LogP contribution >= 0.6 is 27.7 Å². The Hall–Kier alpha value is -0.290. The van der Waals surface area contributed by atoms with Crippen LogP contribution < -0.4 is 4.90 Å². The summed E-state index contributed by atoms with van der Waals surface area (Å²) < 4.78 is 0. The van der Waals surface area contributed by atoms with Crippen LogP contribution in [0.2, 0.25) is 0 Å². The van der Waals surface area contributed by atoms with E-state index in [1.54, 1.807) is 0 Å². The van der Waals surface area contributed by atoms with Gasteiger partial charge in [-0.25, -0.2) is 9.97 Å². The molecule has 0 unspecified atom stereocenters. The Labute approximate surface area is 96.4 Å². The van der Waals surface area contributed by atoms with Gasteiger partial charge in [0.25, 0.3) is 0 Å². The summed E-state index contributed by atoms with van der Waals surface area (Å²) in [4.78, 5) is 10.9. The summed E-state index contributed by atoms with van der Waals surface area (Å²) in [5.74, 6) is 3.24. The maximum atomic E-state index is 4.35. The van der Waals surface area contributed by atoms with E-state index in [-0.39, 0.29) is 0 Å². The highest BCUT2D eigenvalue weighted by Gasteiger charge is 2.12. The summed E-state index contributed by atoms with van der Waals surface area (Å²) in [6.07, 6.45) is 3.78. The molecule has 14 heavy (non-hydrogen) atoms. The molecule has 0 N–H and O–H groups in total. The molecule has 1 aromatic rings. The van der Waals surface area contributed by atoms with Crippen LogP contribution in [0.3, 0.4) is 0 Å². The largest absolute Gasteiger partial charge is 0.339 e. The minimum atomic E-state index is 0.823. The molecular formula is C9H12BrN3S. The zero-order valence-corrected chi connectivity index (χ0v) is 10.2. The highest BCUT2D eigenvalue weighted by atomic mass is 79.9. The quantitative estimate of drug-likeness (QED) is 0.771. The average Bonchev–Trinajstić information content (AvgIpc) is 2.30. The molecule has 0 bridgehead atoms. The highest BCUT2D eigenvalue weighted by Crippen LogP contribution is 2.15. The van der Waals surface area contributed by atoms with Crippen molar-refractivity contribution in [2.24, 2.45) is 0 Å². The van der Waals surface area contributed by atoms with Crippen molar-refractivity contribution >= 4 is 33.6 Å². The fourth-order valence-corrected chi connectivity index (χ4v) is 2.54. The van der Waals surface area contributed by atoms with Crippen LogP contribution in [-0.4, -0.2) is 34.6 Å². The van der Waals surface area contributed by atoms with Crippen molar-refractivity contribution in [3.05, 3.63) is 18.0 Å². The SMILES string of the molecule is BrCc1cnc(N2CCSCC2)nc1. The van der Waals surface area contributed by atoms with Gasteiger partial charge in [0.05, 0.1) is 0 Å². The van der Waals surface area contributed by atoms with Crippen LogP contribution in [0.5, 0.6) is 0 Å². The zero-order chi connectivity index (χ0) is 9.80. The molecule has 0 saturated carbocycles. The van der Waals surface area contributed by atoms with E-state index in [0.29, 0.717) is 0 Å². The van der Waals surface area contributed by atoms with E-state index in [9.17, 15) is 0 Å². The van der Waals surface area contributed by atoms with Gasteiger partial charge in [0, 0.05) is 42.3 Å². The molecule has 3 nitrogen and oxygen atoms in total. The van der Waals surface area contributed by atoms with Gasteiger partial charge in [-0.05, 0) is 5.56 Å². The molecule has 2 heterocycles. The third-order valence-electron chi connectivity index (χ3n) is 2.14. The van der Waals surface area contributed by atoms with Gasteiger partial charge in [-0.3, -0.25) is 0 Å². The molecule has 1 aliphatic rings. The Morgan fingerprint density at radius 2 is 1.93 bits per heavy atom. The van der Waals surface area contributed by atoms with Crippen LogP contribution in [-0.2, 0) is 5.33 Å². The van der Waals surface area contributed by atoms with Crippen LogP contribution in [0.25, 0.3) is 0 Å².